The van der Waals surface area contributed by atoms with E-state index in [4.69, 9.17) is 19.6 Å². The number of oxazole rings is 1. The highest BCUT2D eigenvalue weighted by molar-refractivity contribution is 6.08. The van der Waals surface area contributed by atoms with Gasteiger partial charge in [0.2, 0.25) is 5.89 Å². The first-order chi connectivity index (χ1) is 21.0. The van der Waals surface area contributed by atoms with Crippen molar-refractivity contribution in [1.82, 2.24) is 14.9 Å². The smallest absolute Gasteiger partial charge is 0.419 e. The minimum Gasteiger partial charge on any atom is -0.444 e. The lowest BCUT2D eigenvalue weighted by molar-refractivity contribution is 0.0476. The minimum absolute atomic E-state index is 0.0354. The Balaban J connectivity index is 1.71. The lowest BCUT2D eigenvalue weighted by Gasteiger charge is -2.24. The molecule has 0 fully saturated rings. The minimum atomic E-state index is -0.764. The summed E-state index contributed by atoms with van der Waals surface area (Å²) in [5.41, 5.74) is 7.37. The summed E-state index contributed by atoms with van der Waals surface area (Å²) in [6.07, 6.45) is 1.13. The van der Waals surface area contributed by atoms with Crippen molar-refractivity contribution in [3.05, 3.63) is 77.1 Å². The van der Waals surface area contributed by atoms with E-state index in [9.17, 15) is 19.2 Å². The first-order valence-corrected chi connectivity index (χ1v) is 14.7. The molecule has 0 aliphatic carbocycles. The molecule has 0 bridgehead atoms. The third-order valence-corrected chi connectivity index (χ3v) is 6.73. The maximum Gasteiger partial charge on any atom is 0.419 e. The van der Waals surface area contributed by atoms with Gasteiger partial charge in [0.05, 0.1) is 5.52 Å². The van der Waals surface area contributed by atoms with E-state index in [0.717, 1.165) is 16.7 Å². The standard InChI is InChI=1S/C34H40N4O7/c1-19(2)27(37-31(41)44-33(3,4)5)30-36-28(29(35)40)25(43-30)16-20-11-9-12-21(15-20)23-13-10-14-24-26(23)22(18-39)17-38(24)32(42)45-34(6,7)8/h9-15,17-19,27H,16H2,1-8H3,(H2,35,40)(H,37,41)/t27-/m0/s1. The zero-order valence-electron chi connectivity index (χ0n) is 26.9. The number of amides is 2. The average Bonchev–Trinajstić information content (AvgIpc) is 3.51. The molecule has 0 radical (unpaired) electrons. The lowest BCUT2D eigenvalue weighted by atomic mass is 9.97. The Labute approximate surface area is 262 Å². The zero-order chi connectivity index (χ0) is 33.3. The molecule has 0 saturated heterocycles. The van der Waals surface area contributed by atoms with E-state index in [-0.39, 0.29) is 29.7 Å². The number of aldehydes is 1. The fourth-order valence-electron chi connectivity index (χ4n) is 4.91. The van der Waals surface area contributed by atoms with Gasteiger partial charge >= 0.3 is 12.2 Å². The zero-order valence-corrected chi connectivity index (χ0v) is 26.9. The fourth-order valence-corrected chi connectivity index (χ4v) is 4.91. The molecule has 11 heteroatoms. The molecule has 45 heavy (non-hydrogen) atoms. The van der Waals surface area contributed by atoms with Gasteiger partial charge in [-0.15, -0.1) is 0 Å². The summed E-state index contributed by atoms with van der Waals surface area (Å²) in [6, 6.07) is 12.2. The van der Waals surface area contributed by atoms with Crippen molar-refractivity contribution in [1.29, 1.82) is 0 Å². The Morgan fingerprint density at radius 1 is 1.02 bits per heavy atom. The van der Waals surface area contributed by atoms with Crippen LogP contribution in [0.3, 0.4) is 0 Å². The van der Waals surface area contributed by atoms with Gasteiger partial charge in [0, 0.05) is 23.6 Å². The highest BCUT2D eigenvalue weighted by Gasteiger charge is 2.29. The summed E-state index contributed by atoms with van der Waals surface area (Å²) in [6.45, 7) is 14.4. The fraction of sp³-hybridized carbons (Fsp3) is 0.382. The number of nitrogens with one attached hydrogen (secondary N) is 1. The van der Waals surface area contributed by atoms with Crippen LogP contribution in [0.4, 0.5) is 9.59 Å². The molecule has 2 heterocycles. The van der Waals surface area contributed by atoms with Gasteiger partial charge in [-0.25, -0.2) is 14.6 Å². The van der Waals surface area contributed by atoms with Crippen LogP contribution in [0, 0.1) is 5.92 Å². The second-order valence-electron chi connectivity index (χ2n) is 13.2. The molecular formula is C34H40N4O7. The molecule has 238 valence electrons. The summed E-state index contributed by atoms with van der Waals surface area (Å²) in [5, 5.41) is 3.38. The molecule has 0 aliphatic rings. The van der Waals surface area contributed by atoms with Gasteiger partial charge in [-0.3, -0.25) is 14.2 Å². The number of nitrogens with zero attached hydrogens (tertiary/aromatic N) is 2. The molecule has 2 aromatic carbocycles. The predicted molar refractivity (Wildman–Crippen MR) is 169 cm³/mol. The Morgan fingerprint density at radius 2 is 1.69 bits per heavy atom. The number of ether oxygens (including phenoxy) is 2. The summed E-state index contributed by atoms with van der Waals surface area (Å²) < 4.78 is 18.4. The van der Waals surface area contributed by atoms with Crippen LogP contribution in [-0.2, 0) is 15.9 Å². The van der Waals surface area contributed by atoms with Crippen LogP contribution in [-0.4, -0.2) is 45.1 Å². The van der Waals surface area contributed by atoms with E-state index >= 15 is 0 Å². The Bertz CT molecular complexity index is 1750. The number of benzene rings is 2. The molecule has 0 saturated carbocycles. The molecule has 0 unspecified atom stereocenters. The third-order valence-electron chi connectivity index (χ3n) is 6.73. The van der Waals surface area contributed by atoms with Crippen molar-refractivity contribution in [3.8, 4) is 11.1 Å². The van der Waals surface area contributed by atoms with E-state index < -0.39 is 35.3 Å². The number of alkyl carbamates (subject to hydrolysis) is 1. The highest BCUT2D eigenvalue weighted by Crippen LogP contribution is 2.34. The van der Waals surface area contributed by atoms with Crippen LogP contribution >= 0.6 is 0 Å². The van der Waals surface area contributed by atoms with Gasteiger partial charge in [-0.1, -0.05) is 50.2 Å². The monoisotopic (exact) mass is 616 g/mol. The summed E-state index contributed by atoms with van der Waals surface area (Å²) in [4.78, 5) is 54.4. The van der Waals surface area contributed by atoms with E-state index in [0.29, 0.717) is 22.8 Å². The number of nitrogens with two attached hydrogens (primary N) is 1. The van der Waals surface area contributed by atoms with E-state index in [2.05, 4.69) is 10.3 Å². The highest BCUT2D eigenvalue weighted by atomic mass is 16.6. The maximum absolute atomic E-state index is 12.9. The van der Waals surface area contributed by atoms with Crippen LogP contribution in [0.2, 0.25) is 0 Å². The number of fused-ring (bicyclic) bond motifs is 1. The second kappa shape index (κ2) is 12.6. The van der Waals surface area contributed by atoms with Gasteiger partial charge in [-0.2, -0.15) is 0 Å². The van der Waals surface area contributed by atoms with Gasteiger partial charge in [0.25, 0.3) is 5.91 Å². The van der Waals surface area contributed by atoms with Crippen molar-refractivity contribution in [2.45, 2.75) is 79.1 Å². The molecule has 1 atom stereocenters. The molecule has 2 amide bonds. The van der Waals surface area contributed by atoms with Crippen LogP contribution in [0.1, 0.15) is 99.5 Å². The number of carbonyl (C=O) groups excluding carboxylic acids is 4. The van der Waals surface area contributed by atoms with Crippen molar-refractivity contribution in [2.75, 3.05) is 0 Å². The summed E-state index contributed by atoms with van der Waals surface area (Å²) in [5.74, 6) is -0.526. The van der Waals surface area contributed by atoms with Gasteiger partial charge < -0.3 is 24.9 Å². The van der Waals surface area contributed by atoms with Gasteiger partial charge in [0.1, 0.15) is 23.0 Å². The SMILES string of the molecule is CC(C)[C@H](NC(=O)OC(C)(C)C)c1nc(C(N)=O)c(Cc2cccc(-c3cccc4c3c(C=O)cn4C(=O)OC(C)(C)C)c2)o1. The Hall–Kier alpha value is -4.93. The van der Waals surface area contributed by atoms with Crippen molar-refractivity contribution < 1.29 is 33.1 Å². The lowest BCUT2D eigenvalue weighted by Crippen LogP contribution is -2.37. The van der Waals surface area contributed by atoms with Crippen molar-refractivity contribution in [3.63, 3.8) is 0 Å². The number of carbonyl (C=O) groups is 4. The van der Waals surface area contributed by atoms with E-state index in [1.807, 2.05) is 44.2 Å². The second-order valence-corrected chi connectivity index (χ2v) is 13.2. The Kier molecular flexibility index (Phi) is 9.22. The summed E-state index contributed by atoms with van der Waals surface area (Å²) in [7, 11) is 0. The number of rotatable bonds is 8. The quantitative estimate of drug-likeness (QED) is 0.205. The molecule has 11 nitrogen and oxygen atoms in total. The van der Waals surface area contributed by atoms with Gasteiger partial charge in [-0.05, 0) is 70.2 Å². The maximum atomic E-state index is 12.9. The van der Waals surface area contributed by atoms with Crippen LogP contribution in [0.25, 0.3) is 22.0 Å². The van der Waals surface area contributed by atoms with Crippen molar-refractivity contribution >= 4 is 35.3 Å². The van der Waals surface area contributed by atoms with E-state index in [1.54, 1.807) is 53.7 Å². The van der Waals surface area contributed by atoms with Crippen LogP contribution < -0.4 is 11.1 Å². The largest absolute Gasteiger partial charge is 0.444 e. The first-order valence-electron chi connectivity index (χ1n) is 14.7. The van der Waals surface area contributed by atoms with Crippen molar-refractivity contribution in [2.24, 2.45) is 11.7 Å². The molecular weight excluding hydrogens is 576 g/mol. The number of aromatic nitrogens is 2. The van der Waals surface area contributed by atoms with Gasteiger partial charge in [0.15, 0.2) is 12.0 Å². The van der Waals surface area contributed by atoms with E-state index in [1.165, 1.54) is 10.8 Å². The molecule has 4 rings (SSSR count). The molecule has 0 spiro atoms. The number of primary amides is 1. The summed E-state index contributed by atoms with van der Waals surface area (Å²) >= 11 is 0. The number of hydrogen-bond acceptors (Lipinski definition) is 8. The number of hydrogen-bond donors (Lipinski definition) is 2. The molecule has 2 aromatic heterocycles. The third kappa shape index (κ3) is 7.78. The first kappa shape index (κ1) is 33.0. The molecule has 4 aromatic rings. The van der Waals surface area contributed by atoms with Crippen LogP contribution in [0.15, 0.2) is 53.1 Å². The normalized spacial score (nSPS) is 12.6. The predicted octanol–water partition coefficient (Wildman–Crippen LogP) is 6.80. The topological polar surface area (TPSA) is 156 Å². The average molecular weight is 617 g/mol. The molecule has 3 N–H and O–H groups in total. The molecule has 0 aliphatic heterocycles. The Morgan fingerprint density at radius 3 is 2.29 bits per heavy atom. The van der Waals surface area contributed by atoms with Crippen LogP contribution in [0.5, 0.6) is 0 Å².